The van der Waals surface area contributed by atoms with E-state index in [4.69, 9.17) is 4.98 Å². The number of hydrogen-bond acceptors (Lipinski definition) is 4. The van der Waals surface area contributed by atoms with Gasteiger partial charge in [-0.2, -0.15) is 0 Å². The van der Waals surface area contributed by atoms with Crippen LogP contribution in [0, 0.1) is 0 Å². The van der Waals surface area contributed by atoms with E-state index >= 15 is 0 Å². The highest BCUT2D eigenvalue weighted by atomic mass is 16.2. The first kappa shape index (κ1) is 15.4. The molecule has 4 rings (SSSR count). The van der Waals surface area contributed by atoms with E-state index in [-0.39, 0.29) is 5.91 Å². The highest BCUT2D eigenvalue weighted by molar-refractivity contribution is 5.77. The van der Waals surface area contributed by atoms with Crippen LogP contribution in [0.15, 0.2) is 30.5 Å². The molecule has 0 bridgehead atoms. The first-order valence-corrected chi connectivity index (χ1v) is 9.06. The van der Waals surface area contributed by atoms with Crippen LogP contribution in [0.2, 0.25) is 0 Å². The van der Waals surface area contributed by atoms with E-state index in [1.165, 1.54) is 0 Å². The van der Waals surface area contributed by atoms with Crippen molar-refractivity contribution in [2.45, 2.75) is 51.1 Å². The molecule has 2 fully saturated rings. The first-order valence-electron chi connectivity index (χ1n) is 9.06. The van der Waals surface area contributed by atoms with Crippen LogP contribution in [-0.2, 0) is 4.79 Å². The van der Waals surface area contributed by atoms with Gasteiger partial charge in [0.25, 0.3) is 0 Å². The van der Waals surface area contributed by atoms with Gasteiger partial charge >= 0.3 is 0 Å². The van der Waals surface area contributed by atoms with Crippen molar-refractivity contribution in [2.75, 3.05) is 18.0 Å². The second kappa shape index (κ2) is 6.38. The van der Waals surface area contributed by atoms with Crippen LogP contribution >= 0.6 is 0 Å². The zero-order valence-corrected chi connectivity index (χ0v) is 14.2. The normalized spacial score (nSPS) is 24.0. The molecule has 0 radical (unpaired) electrons. The molecule has 1 aromatic carbocycles. The van der Waals surface area contributed by atoms with Crippen molar-refractivity contribution in [1.82, 2.24) is 14.9 Å². The Labute approximate surface area is 142 Å². The predicted octanol–water partition coefficient (Wildman–Crippen LogP) is 3.00. The smallest absolute Gasteiger partial charge is 0.222 e. The highest BCUT2D eigenvalue weighted by Crippen LogP contribution is 2.33. The van der Waals surface area contributed by atoms with Crippen LogP contribution in [-0.4, -0.2) is 45.9 Å². The zero-order chi connectivity index (χ0) is 16.5. The van der Waals surface area contributed by atoms with Crippen molar-refractivity contribution in [1.29, 1.82) is 0 Å². The van der Waals surface area contributed by atoms with Crippen LogP contribution in [0.25, 0.3) is 11.0 Å². The van der Waals surface area contributed by atoms with E-state index in [2.05, 4.69) is 14.8 Å². The summed E-state index contributed by atoms with van der Waals surface area (Å²) in [5, 5.41) is 0. The van der Waals surface area contributed by atoms with Gasteiger partial charge in [-0.15, -0.1) is 0 Å². The number of nitrogens with zero attached hydrogens (tertiary/aromatic N) is 4. The maximum absolute atomic E-state index is 12.3. The first-order chi connectivity index (χ1) is 11.8. The zero-order valence-electron chi connectivity index (χ0n) is 14.2. The Kier molecular flexibility index (Phi) is 4.08. The molecule has 2 aromatic rings. The summed E-state index contributed by atoms with van der Waals surface area (Å²) in [7, 11) is 0. The number of aromatic nitrogens is 2. The summed E-state index contributed by atoms with van der Waals surface area (Å²) >= 11 is 0. The maximum atomic E-state index is 12.3. The number of carbonyl (C=O) groups excluding carboxylic acids is 1. The Morgan fingerprint density at radius 1 is 1.12 bits per heavy atom. The predicted molar refractivity (Wildman–Crippen MR) is 94.9 cm³/mol. The average molecular weight is 324 g/mol. The molecule has 0 unspecified atom stereocenters. The van der Waals surface area contributed by atoms with Gasteiger partial charge in [0.05, 0.1) is 29.3 Å². The van der Waals surface area contributed by atoms with Crippen molar-refractivity contribution < 1.29 is 4.79 Å². The average Bonchev–Trinajstić information content (AvgIpc) is 3.29. The molecule has 0 N–H and O–H groups in total. The lowest BCUT2D eigenvalue weighted by Gasteiger charge is -2.35. The van der Waals surface area contributed by atoms with Gasteiger partial charge < -0.3 is 9.80 Å². The number of anilines is 1. The molecule has 1 amide bonds. The number of hydrogen-bond donors (Lipinski definition) is 0. The molecule has 0 spiro atoms. The van der Waals surface area contributed by atoms with E-state index < -0.39 is 0 Å². The standard InChI is InChI=1S/C19H24N4O/c1-2-19(24)23-12-6-10-17(23)16-9-5-11-22(16)18-13-20-14-7-3-4-8-15(14)21-18/h3-4,7-8,13,16-17H,2,5-6,9-12H2,1H3/t16-,17+/m1/s1. The van der Waals surface area contributed by atoms with Gasteiger partial charge in [0, 0.05) is 19.5 Å². The number of carbonyl (C=O) groups is 1. The summed E-state index contributed by atoms with van der Waals surface area (Å²) in [6, 6.07) is 8.70. The van der Waals surface area contributed by atoms with E-state index in [1.54, 1.807) is 0 Å². The molecule has 126 valence electrons. The Bertz CT molecular complexity index is 747. The summed E-state index contributed by atoms with van der Waals surface area (Å²) in [6.07, 6.45) is 7.00. The van der Waals surface area contributed by atoms with Gasteiger partial charge in [0.1, 0.15) is 5.82 Å². The minimum Gasteiger partial charge on any atom is -0.350 e. The molecular formula is C19H24N4O. The summed E-state index contributed by atoms with van der Waals surface area (Å²) in [5.74, 6) is 1.24. The third kappa shape index (κ3) is 2.62. The topological polar surface area (TPSA) is 49.3 Å². The third-order valence-corrected chi connectivity index (χ3v) is 5.40. The molecule has 5 heteroatoms. The van der Waals surface area contributed by atoms with Crippen molar-refractivity contribution >= 4 is 22.8 Å². The summed E-state index contributed by atoms with van der Waals surface area (Å²) < 4.78 is 0. The monoisotopic (exact) mass is 324 g/mol. The molecular weight excluding hydrogens is 300 g/mol. The number of amides is 1. The quantitative estimate of drug-likeness (QED) is 0.871. The second-order valence-corrected chi connectivity index (χ2v) is 6.77. The number of para-hydroxylation sites is 2. The van der Waals surface area contributed by atoms with Crippen LogP contribution in [0.3, 0.4) is 0 Å². The fourth-order valence-corrected chi connectivity index (χ4v) is 4.27. The molecule has 0 saturated carbocycles. The van der Waals surface area contributed by atoms with Crippen LogP contribution < -0.4 is 4.90 Å². The maximum Gasteiger partial charge on any atom is 0.222 e. The van der Waals surface area contributed by atoms with Gasteiger partial charge in [-0.25, -0.2) is 4.98 Å². The third-order valence-electron chi connectivity index (χ3n) is 5.40. The van der Waals surface area contributed by atoms with Gasteiger partial charge in [-0.05, 0) is 37.8 Å². The van der Waals surface area contributed by atoms with E-state index in [9.17, 15) is 4.79 Å². The number of rotatable bonds is 3. The fourth-order valence-electron chi connectivity index (χ4n) is 4.27. The van der Waals surface area contributed by atoms with Crippen molar-refractivity contribution in [3.8, 4) is 0 Å². The Hall–Kier alpha value is -2.17. The van der Waals surface area contributed by atoms with Crippen LogP contribution in [0.1, 0.15) is 39.0 Å². The minimum absolute atomic E-state index is 0.286. The Morgan fingerprint density at radius 3 is 2.71 bits per heavy atom. The van der Waals surface area contributed by atoms with Gasteiger partial charge in [0.15, 0.2) is 0 Å². The molecule has 0 aliphatic carbocycles. The molecule has 1 aromatic heterocycles. The second-order valence-electron chi connectivity index (χ2n) is 6.77. The van der Waals surface area contributed by atoms with Crippen molar-refractivity contribution in [3.05, 3.63) is 30.5 Å². The molecule has 3 heterocycles. The van der Waals surface area contributed by atoms with Gasteiger partial charge in [-0.1, -0.05) is 19.1 Å². The molecule has 2 atom stereocenters. The number of fused-ring (bicyclic) bond motifs is 1. The van der Waals surface area contributed by atoms with Gasteiger partial charge in [-0.3, -0.25) is 9.78 Å². The Balaban J connectivity index is 1.63. The van der Waals surface area contributed by atoms with E-state index in [1.807, 2.05) is 37.4 Å². The van der Waals surface area contributed by atoms with E-state index in [0.717, 1.165) is 55.6 Å². The summed E-state index contributed by atoms with van der Waals surface area (Å²) in [6.45, 7) is 3.87. The molecule has 2 aliphatic heterocycles. The highest BCUT2D eigenvalue weighted by Gasteiger charge is 2.39. The molecule has 2 aliphatic rings. The van der Waals surface area contributed by atoms with Crippen molar-refractivity contribution in [2.24, 2.45) is 0 Å². The molecule has 2 saturated heterocycles. The van der Waals surface area contributed by atoms with Gasteiger partial charge in [0.2, 0.25) is 5.91 Å². The van der Waals surface area contributed by atoms with Crippen molar-refractivity contribution in [3.63, 3.8) is 0 Å². The number of benzene rings is 1. The summed E-state index contributed by atoms with van der Waals surface area (Å²) in [5.41, 5.74) is 1.87. The summed E-state index contributed by atoms with van der Waals surface area (Å²) in [4.78, 5) is 26.2. The lowest BCUT2D eigenvalue weighted by molar-refractivity contribution is -0.132. The van der Waals surface area contributed by atoms with E-state index in [0.29, 0.717) is 18.5 Å². The molecule has 24 heavy (non-hydrogen) atoms. The minimum atomic E-state index is 0.286. The SMILES string of the molecule is CCC(=O)N1CCC[C@H]1[C@H]1CCCN1c1cnc2ccccc2n1. The Morgan fingerprint density at radius 2 is 1.88 bits per heavy atom. The van der Waals surface area contributed by atoms with Crippen LogP contribution in [0.4, 0.5) is 5.82 Å². The largest absolute Gasteiger partial charge is 0.350 e. The lowest BCUT2D eigenvalue weighted by atomic mass is 10.0. The lowest BCUT2D eigenvalue weighted by Crippen LogP contribution is -2.48. The fraction of sp³-hybridized carbons (Fsp3) is 0.526. The van der Waals surface area contributed by atoms with Crippen LogP contribution in [0.5, 0.6) is 0 Å². The molecule has 5 nitrogen and oxygen atoms in total. The number of likely N-dealkylation sites (tertiary alicyclic amines) is 1.